The summed E-state index contributed by atoms with van der Waals surface area (Å²) in [5, 5.41) is 10.8. The molecule has 0 radical (unpaired) electrons. The van der Waals surface area contributed by atoms with Gasteiger partial charge in [-0.3, -0.25) is 20.4 Å². The van der Waals surface area contributed by atoms with Gasteiger partial charge in [0.1, 0.15) is 0 Å². The van der Waals surface area contributed by atoms with Crippen LogP contribution in [0.5, 0.6) is 11.5 Å². The highest BCUT2D eigenvalue weighted by Crippen LogP contribution is 2.62. The van der Waals surface area contributed by atoms with Gasteiger partial charge in [0.25, 0.3) is 5.91 Å². The number of aliphatic hydroxyl groups is 1. The minimum atomic E-state index is -0.591. The molecule has 7 heteroatoms. The van der Waals surface area contributed by atoms with Gasteiger partial charge in [-0.25, -0.2) is 0 Å². The summed E-state index contributed by atoms with van der Waals surface area (Å²) in [4.78, 5) is 25.0. The Morgan fingerprint density at radius 1 is 1.14 bits per heavy atom. The second-order valence-electron chi connectivity index (χ2n) is 9.16. The fourth-order valence-electron chi connectivity index (χ4n) is 6.28. The normalized spacial score (nSPS) is 32.0. The van der Waals surface area contributed by atoms with E-state index in [-0.39, 0.29) is 11.3 Å². The van der Waals surface area contributed by atoms with E-state index in [9.17, 15) is 14.7 Å². The number of rotatable bonds is 6. The molecule has 5 rings (SSSR count). The van der Waals surface area contributed by atoms with Crippen LogP contribution < -0.4 is 20.3 Å². The van der Waals surface area contributed by atoms with Crippen LogP contribution in [-0.4, -0.2) is 36.2 Å². The Labute approximate surface area is 171 Å². The van der Waals surface area contributed by atoms with Gasteiger partial charge in [-0.2, -0.15) is 0 Å². The lowest BCUT2D eigenvalue weighted by molar-refractivity contribution is -0.169. The SMILES string of the molecule is CCOc1ccc(C(=O)NNC(=O)CC23C[C@@H]4C[C@@H](CC(O)(C4)C2)C3)cc1OC. The Morgan fingerprint density at radius 2 is 1.86 bits per heavy atom. The predicted octanol–water partition coefficient (Wildman–Crippen LogP) is 2.58. The maximum Gasteiger partial charge on any atom is 0.269 e. The molecule has 2 unspecified atom stereocenters. The molecule has 4 aliphatic carbocycles. The van der Waals surface area contributed by atoms with Gasteiger partial charge >= 0.3 is 0 Å². The highest BCUT2D eigenvalue weighted by Gasteiger charge is 2.57. The van der Waals surface area contributed by atoms with Gasteiger partial charge in [0, 0.05) is 12.0 Å². The molecule has 1 aromatic rings. The molecule has 2 amide bonds. The third kappa shape index (κ3) is 4.06. The molecule has 0 aromatic heterocycles. The lowest BCUT2D eigenvalue weighted by Gasteiger charge is -2.60. The lowest BCUT2D eigenvalue weighted by Crippen LogP contribution is -2.57. The van der Waals surface area contributed by atoms with Crippen LogP contribution in [-0.2, 0) is 4.79 Å². The second kappa shape index (κ2) is 7.52. The number of hydrogen-bond donors (Lipinski definition) is 3. The van der Waals surface area contributed by atoms with Crippen molar-refractivity contribution in [3.8, 4) is 11.5 Å². The molecule has 4 atom stereocenters. The van der Waals surface area contributed by atoms with Crippen LogP contribution >= 0.6 is 0 Å². The average molecular weight is 402 g/mol. The van der Waals surface area contributed by atoms with E-state index in [0.29, 0.717) is 48.3 Å². The Kier molecular flexibility index (Phi) is 5.19. The molecule has 4 fully saturated rings. The van der Waals surface area contributed by atoms with E-state index < -0.39 is 11.5 Å². The van der Waals surface area contributed by atoms with Gasteiger partial charge in [0.2, 0.25) is 5.91 Å². The quantitative estimate of drug-likeness (QED) is 0.636. The first-order valence-corrected chi connectivity index (χ1v) is 10.5. The number of methoxy groups -OCH3 is 1. The van der Waals surface area contributed by atoms with E-state index in [1.54, 1.807) is 18.2 Å². The largest absolute Gasteiger partial charge is 0.493 e. The van der Waals surface area contributed by atoms with Crippen molar-refractivity contribution in [2.24, 2.45) is 17.3 Å². The number of benzene rings is 1. The Morgan fingerprint density at radius 3 is 2.48 bits per heavy atom. The molecule has 4 bridgehead atoms. The van der Waals surface area contributed by atoms with Gasteiger partial charge in [-0.1, -0.05) is 0 Å². The molecule has 0 saturated heterocycles. The van der Waals surface area contributed by atoms with Crippen LogP contribution in [0, 0.1) is 17.3 Å². The summed E-state index contributed by atoms with van der Waals surface area (Å²) in [5.74, 6) is 1.47. The third-order valence-corrected chi connectivity index (χ3v) is 6.73. The van der Waals surface area contributed by atoms with Crippen LogP contribution in [0.15, 0.2) is 18.2 Å². The van der Waals surface area contributed by atoms with Crippen LogP contribution in [0.2, 0.25) is 0 Å². The molecular formula is C22H30N2O5. The molecule has 3 N–H and O–H groups in total. The number of ether oxygens (including phenoxy) is 2. The molecule has 158 valence electrons. The van der Waals surface area contributed by atoms with Crippen molar-refractivity contribution in [3.63, 3.8) is 0 Å². The zero-order valence-electron chi connectivity index (χ0n) is 17.1. The van der Waals surface area contributed by atoms with Crippen LogP contribution in [0.3, 0.4) is 0 Å². The summed E-state index contributed by atoms with van der Waals surface area (Å²) >= 11 is 0. The number of hydrazine groups is 1. The van der Waals surface area contributed by atoms with Gasteiger partial charge in [-0.05, 0) is 80.9 Å². The molecule has 0 aliphatic heterocycles. The molecule has 4 saturated carbocycles. The van der Waals surface area contributed by atoms with Crippen LogP contribution in [0.4, 0.5) is 0 Å². The van der Waals surface area contributed by atoms with Crippen molar-refractivity contribution in [2.75, 3.05) is 13.7 Å². The number of amides is 2. The van der Waals surface area contributed by atoms with Gasteiger partial charge < -0.3 is 14.6 Å². The minimum Gasteiger partial charge on any atom is -0.493 e. The van der Waals surface area contributed by atoms with Crippen molar-refractivity contribution in [1.29, 1.82) is 0 Å². The molecular weight excluding hydrogens is 372 g/mol. The lowest BCUT2D eigenvalue weighted by atomic mass is 9.47. The standard InChI is InChI=1S/C22H30N2O5/c1-3-29-17-5-4-16(7-18(17)28-2)20(26)24-23-19(25)12-21-8-14-6-15(9-21)11-22(27,10-14)13-21/h4-5,7,14-15,27H,3,6,8-13H2,1-2H3,(H,23,25)(H,24,26)/t14-,15+,21?,22?. The van der Waals surface area contributed by atoms with Crippen molar-refractivity contribution in [2.45, 2.75) is 57.5 Å². The van der Waals surface area contributed by atoms with E-state index in [1.165, 1.54) is 13.5 Å². The Bertz CT molecular complexity index is 794. The van der Waals surface area contributed by atoms with Crippen molar-refractivity contribution < 1.29 is 24.2 Å². The zero-order valence-corrected chi connectivity index (χ0v) is 17.1. The number of hydrogen-bond acceptors (Lipinski definition) is 5. The number of carbonyl (C=O) groups excluding carboxylic acids is 2. The van der Waals surface area contributed by atoms with Crippen LogP contribution in [0.1, 0.15) is 62.2 Å². The first-order chi connectivity index (χ1) is 13.8. The predicted molar refractivity (Wildman–Crippen MR) is 106 cm³/mol. The molecule has 0 spiro atoms. The fourth-order valence-corrected chi connectivity index (χ4v) is 6.28. The summed E-state index contributed by atoms with van der Waals surface area (Å²) in [6, 6.07) is 4.89. The molecule has 1 aromatic carbocycles. The fraction of sp³-hybridized carbons (Fsp3) is 0.636. The Balaban J connectivity index is 1.35. The van der Waals surface area contributed by atoms with Gasteiger partial charge in [-0.15, -0.1) is 0 Å². The first kappa shape index (κ1) is 20.0. The molecule has 0 heterocycles. The minimum absolute atomic E-state index is 0.129. The van der Waals surface area contributed by atoms with Crippen molar-refractivity contribution in [1.82, 2.24) is 10.9 Å². The molecule has 7 nitrogen and oxygen atoms in total. The first-order valence-electron chi connectivity index (χ1n) is 10.5. The highest BCUT2D eigenvalue weighted by atomic mass is 16.5. The van der Waals surface area contributed by atoms with Crippen LogP contribution in [0.25, 0.3) is 0 Å². The zero-order chi connectivity index (χ0) is 20.6. The smallest absolute Gasteiger partial charge is 0.269 e. The number of nitrogens with one attached hydrogen (secondary N) is 2. The van der Waals surface area contributed by atoms with E-state index in [2.05, 4.69) is 10.9 Å². The summed E-state index contributed by atoms with van der Waals surface area (Å²) in [7, 11) is 1.51. The van der Waals surface area contributed by atoms with Gasteiger partial charge in [0.05, 0.1) is 19.3 Å². The highest BCUT2D eigenvalue weighted by molar-refractivity contribution is 5.96. The average Bonchev–Trinajstić information content (AvgIpc) is 2.64. The number of carbonyl (C=O) groups is 2. The molecule has 4 aliphatic rings. The second-order valence-corrected chi connectivity index (χ2v) is 9.16. The Hall–Kier alpha value is -2.28. The summed E-state index contributed by atoms with van der Waals surface area (Å²) in [6.07, 6.45) is 5.99. The van der Waals surface area contributed by atoms with Crippen molar-refractivity contribution >= 4 is 11.8 Å². The maximum atomic E-state index is 12.6. The van der Waals surface area contributed by atoms with Gasteiger partial charge in [0.15, 0.2) is 11.5 Å². The van der Waals surface area contributed by atoms with E-state index >= 15 is 0 Å². The maximum absolute atomic E-state index is 12.6. The third-order valence-electron chi connectivity index (χ3n) is 6.73. The van der Waals surface area contributed by atoms with E-state index in [4.69, 9.17) is 9.47 Å². The van der Waals surface area contributed by atoms with E-state index in [1.807, 2.05) is 6.92 Å². The summed E-state index contributed by atoms with van der Waals surface area (Å²) in [6.45, 7) is 2.37. The topological polar surface area (TPSA) is 96.9 Å². The van der Waals surface area contributed by atoms with E-state index in [0.717, 1.165) is 25.7 Å². The summed E-state index contributed by atoms with van der Waals surface area (Å²) in [5.41, 5.74) is 4.70. The van der Waals surface area contributed by atoms with Crippen molar-refractivity contribution in [3.05, 3.63) is 23.8 Å². The monoisotopic (exact) mass is 402 g/mol. The summed E-state index contributed by atoms with van der Waals surface area (Å²) < 4.78 is 10.7. The molecule has 29 heavy (non-hydrogen) atoms.